The first kappa shape index (κ1) is 9.32. The van der Waals surface area contributed by atoms with Gasteiger partial charge in [0.25, 0.3) is 0 Å². The van der Waals surface area contributed by atoms with Crippen LogP contribution in [0.5, 0.6) is 0 Å². The number of hydrogen-bond donors (Lipinski definition) is 3. The Labute approximate surface area is 71.6 Å². The Hall–Kier alpha value is -0.770. The van der Waals surface area contributed by atoms with Crippen LogP contribution in [-0.2, 0) is 0 Å². The van der Waals surface area contributed by atoms with Gasteiger partial charge in [-0.1, -0.05) is 6.42 Å². The molecule has 0 aromatic carbocycles. The van der Waals surface area contributed by atoms with Gasteiger partial charge in [-0.3, -0.25) is 0 Å². The lowest BCUT2D eigenvalue weighted by Gasteiger charge is -2.27. The van der Waals surface area contributed by atoms with Gasteiger partial charge in [-0.15, -0.1) is 0 Å². The zero-order chi connectivity index (χ0) is 8.97. The van der Waals surface area contributed by atoms with E-state index in [2.05, 4.69) is 5.32 Å². The molecule has 4 nitrogen and oxygen atoms in total. The standard InChI is InChI=1S/C8H15NO3/c10-5-6-2-1-3-7(4-6)9-8(11)12/h6-7,9-10H,1-5H2,(H,11,12)/t6-,7-/m1/s1. The van der Waals surface area contributed by atoms with Gasteiger partial charge in [-0.2, -0.15) is 0 Å². The predicted molar refractivity (Wildman–Crippen MR) is 44.0 cm³/mol. The van der Waals surface area contributed by atoms with Crippen LogP contribution in [0, 0.1) is 5.92 Å². The second-order valence-electron chi connectivity index (χ2n) is 3.36. The molecule has 1 rings (SSSR count). The van der Waals surface area contributed by atoms with E-state index in [0.29, 0.717) is 0 Å². The monoisotopic (exact) mass is 173 g/mol. The molecule has 0 heterocycles. The molecule has 1 aliphatic carbocycles. The Morgan fingerprint density at radius 1 is 1.50 bits per heavy atom. The minimum absolute atomic E-state index is 0.0494. The molecule has 1 amide bonds. The van der Waals surface area contributed by atoms with Gasteiger partial charge in [-0.05, 0) is 25.2 Å². The molecule has 0 bridgehead atoms. The molecule has 0 radical (unpaired) electrons. The zero-order valence-corrected chi connectivity index (χ0v) is 6.99. The van der Waals surface area contributed by atoms with Gasteiger partial charge in [0.05, 0.1) is 0 Å². The SMILES string of the molecule is O=C(O)N[C@@H]1CCC[C@@H](CO)C1. The quantitative estimate of drug-likeness (QED) is 0.578. The van der Waals surface area contributed by atoms with Crippen molar-refractivity contribution in [2.45, 2.75) is 31.7 Å². The Kier molecular flexibility index (Phi) is 3.34. The zero-order valence-electron chi connectivity index (χ0n) is 6.99. The van der Waals surface area contributed by atoms with Crippen molar-refractivity contribution in [2.75, 3.05) is 6.61 Å². The summed E-state index contributed by atoms with van der Waals surface area (Å²) in [7, 11) is 0. The van der Waals surface area contributed by atoms with Gasteiger partial charge in [0.2, 0.25) is 0 Å². The minimum atomic E-state index is -0.960. The molecule has 1 saturated carbocycles. The van der Waals surface area contributed by atoms with E-state index in [-0.39, 0.29) is 18.6 Å². The fraction of sp³-hybridized carbons (Fsp3) is 0.875. The molecule has 0 aromatic heterocycles. The predicted octanol–water partition coefficient (Wildman–Crippen LogP) is 0.805. The average Bonchev–Trinajstić information content (AvgIpc) is 2.03. The molecule has 4 heteroatoms. The highest BCUT2D eigenvalue weighted by Crippen LogP contribution is 2.23. The second-order valence-corrected chi connectivity index (χ2v) is 3.36. The van der Waals surface area contributed by atoms with E-state index in [4.69, 9.17) is 10.2 Å². The van der Waals surface area contributed by atoms with Gasteiger partial charge >= 0.3 is 6.09 Å². The normalized spacial score (nSPS) is 29.8. The smallest absolute Gasteiger partial charge is 0.404 e. The number of carbonyl (C=O) groups is 1. The van der Waals surface area contributed by atoms with Crippen LogP contribution < -0.4 is 5.32 Å². The number of carboxylic acid groups (broad SMARTS) is 1. The van der Waals surface area contributed by atoms with Crippen LogP contribution in [0.15, 0.2) is 0 Å². The molecular weight excluding hydrogens is 158 g/mol. The third kappa shape index (κ3) is 2.70. The number of rotatable bonds is 2. The second kappa shape index (κ2) is 4.30. The van der Waals surface area contributed by atoms with Crippen molar-refractivity contribution in [3.05, 3.63) is 0 Å². The summed E-state index contributed by atoms with van der Waals surface area (Å²) in [6, 6.07) is 0.0494. The van der Waals surface area contributed by atoms with E-state index < -0.39 is 6.09 Å². The molecule has 0 saturated heterocycles. The van der Waals surface area contributed by atoms with Gasteiger partial charge in [0.1, 0.15) is 0 Å². The lowest BCUT2D eigenvalue weighted by atomic mass is 9.86. The number of amides is 1. The van der Waals surface area contributed by atoms with Crippen LogP contribution in [-0.4, -0.2) is 29.0 Å². The van der Waals surface area contributed by atoms with Crippen molar-refractivity contribution in [1.29, 1.82) is 0 Å². The van der Waals surface area contributed by atoms with Crippen LogP contribution in [0.25, 0.3) is 0 Å². The minimum Gasteiger partial charge on any atom is -0.465 e. The van der Waals surface area contributed by atoms with E-state index >= 15 is 0 Å². The van der Waals surface area contributed by atoms with E-state index in [9.17, 15) is 4.79 Å². The highest BCUT2D eigenvalue weighted by molar-refractivity contribution is 5.64. The van der Waals surface area contributed by atoms with Crippen LogP contribution in [0.3, 0.4) is 0 Å². The summed E-state index contributed by atoms with van der Waals surface area (Å²) in [6.07, 6.45) is 2.76. The van der Waals surface area contributed by atoms with Crippen LogP contribution >= 0.6 is 0 Å². The number of hydrogen-bond acceptors (Lipinski definition) is 2. The fourth-order valence-electron chi connectivity index (χ4n) is 1.76. The summed E-state index contributed by atoms with van der Waals surface area (Å²) in [5.74, 6) is 0.288. The molecule has 70 valence electrons. The van der Waals surface area contributed by atoms with Crippen LogP contribution in [0.1, 0.15) is 25.7 Å². The highest BCUT2D eigenvalue weighted by Gasteiger charge is 2.22. The Morgan fingerprint density at radius 3 is 2.83 bits per heavy atom. The van der Waals surface area contributed by atoms with Gasteiger partial charge < -0.3 is 15.5 Å². The number of nitrogens with one attached hydrogen (secondary N) is 1. The van der Waals surface area contributed by atoms with E-state index in [0.717, 1.165) is 25.7 Å². The first-order valence-corrected chi connectivity index (χ1v) is 4.32. The topological polar surface area (TPSA) is 69.6 Å². The van der Waals surface area contributed by atoms with Gasteiger partial charge in [-0.25, -0.2) is 4.79 Å². The van der Waals surface area contributed by atoms with E-state index in [1.54, 1.807) is 0 Å². The van der Waals surface area contributed by atoms with Crippen molar-refractivity contribution in [1.82, 2.24) is 5.32 Å². The molecule has 0 spiro atoms. The Balaban J connectivity index is 2.30. The van der Waals surface area contributed by atoms with Crippen molar-refractivity contribution < 1.29 is 15.0 Å². The summed E-state index contributed by atoms with van der Waals surface area (Å²) in [5.41, 5.74) is 0. The van der Waals surface area contributed by atoms with E-state index in [1.165, 1.54) is 0 Å². The lowest BCUT2D eigenvalue weighted by molar-refractivity contribution is 0.157. The molecule has 0 unspecified atom stereocenters. The number of aliphatic hydroxyl groups is 1. The fourth-order valence-corrected chi connectivity index (χ4v) is 1.76. The molecule has 0 aliphatic heterocycles. The third-order valence-corrected chi connectivity index (χ3v) is 2.37. The Morgan fingerprint density at radius 2 is 2.25 bits per heavy atom. The summed E-state index contributed by atoms with van der Waals surface area (Å²) in [5, 5.41) is 19.8. The summed E-state index contributed by atoms with van der Waals surface area (Å²) >= 11 is 0. The van der Waals surface area contributed by atoms with Crippen molar-refractivity contribution in [3.63, 3.8) is 0 Å². The summed E-state index contributed by atoms with van der Waals surface area (Å²) in [6.45, 7) is 0.178. The molecule has 12 heavy (non-hydrogen) atoms. The molecule has 1 aliphatic rings. The number of aliphatic hydroxyl groups excluding tert-OH is 1. The molecule has 0 aromatic rings. The highest BCUT2D eigenvalue weighted by atomic mass is 16.4. The third-order valence-electron chi connectivity index (χ3n) is 2.37. The first-order chi connectivity index (χ1) is 5.72. The van der Waals surface area contributed by atoms with Crippen LogP contribution in [0.4, 0.5) is 4.79 Å². The maximum atomic E-state index is 10.3. The maximum absolute atomic E-state index is 10.3. The molecule has 3 N–H and O–H groups in total. The van der Waals surface area contributed by atoms with Crippen molar-refractivity contribution >= 4 is 6.09 Å². The van der Waals surface area contributed by atoms with Crippen molar-refractivity contribution in [3.8, 4) is 0 Å². The largest absolute Gasteiger partial charge is 0.465 e. The van der Waals surface area contributed by atoms with E-state index in [1.807, 2.05) is 0 Å². The Bertz CT molecular complexity index is 160. The molecular formula is C8H15NO3. The summed E-state index contributed by atoms with van der Waals surface area (Å²) in [4.78, 5) is 10.3. The van der Waals surface area contributed by atoms with Crippen molar-refractivity contribution in [2.24, 2.45) is 5.92 Å². The maximum Gasteiger partial charge on any atom is 0.404 e. The molecule has 2 atom stereocenters. The van der Waals surface area contributed by atoms with Crippen LogP contribution in [0.2, 0.25) is 0 Å². The van der Waals surface area contributed by atoms with Gasteiger partial charge in [0, 0.05) is 12.6 Å². The molecule has 1 fully saturated rings. The first-order valence-electron chi connectivity index (χ1n) is 4.32. The summed E-state index contributed by atoms with van der Waals surface area (Å²) < 4.78 is 0. The van der Waals surface area contributed by atoms with Gasteiger partial charge in [0.15, 0.2) is 0 Å². The lowest BCUT2D eigenvalue weighted by Crippen LogP contribution is -2.38. The average molecular weight is 173 g/mol.